The summed E-state index contributed by atoms with van der Waals surface area (Å²) in [5, 5.41) is 2.43. The lowest BCUT2D eigenvalue weighted by Gasteiger charge is -1.99. The first-order chi connectivity index (χ1) is 6.16. The van der Waals surface area contributed by atoms with E-state index in [1.54, 1.807) is 0 Å². The molecule has 0 unspecified atom stereocenters. The van der Waals surface area contributed by atoms with Gasteiger partial charge in [-0.1, -0.05) is 0 Å². The maximum Gasteiger partial charge on any atom is 0.220 e. The van der Waals surface area contributed by atoms with Crippen LogP contribution in [0.15, 0.2) is 0 Å². The van der Waals surface area contributed by atoms with Crippen LogP contribution in [-0.4, -0.2) is 24.5 Å². The molecule has 0 bridgehead atoms. The van der Waals surface area contributed by atoms with Crippen molar-refractivity contribution in [3.05, 3.63) is 0 Å². The van der Waals surface area contributed by atoms with Crippen LogP contribution >= 0.6 is 0 Å². The van der Waals surface area contributed by atoms with Gasteiger partial charge in [0.2, 0.25) is 5.91 Å². The predicted molar refractivity (Wildman–Crippen MR) is 48.2 cm³/mol. The number of amides is 1. The number of hydrogen-bond acceptors (Lipinski definition) is 3. The second kappa shape index (κ2) is 7.46. The standard InChI is InChI=1S/C9H15NO3/c1-8(12)4-2-3-5-9(13)10-6-7-11/h7H,2-6H2,1H3,(H,10,13). The Bertz CT molecular complexity index is 189. The number of aldehydes is 1. The normalized spacial score (nSPS) is 9.31. The summed E-state index contributed by atoms with van der Waals surface area (Å²) in [5.74, 6) is 0.0175. The summed E-state index contributed by atoms with van der Waals surface area (Å²) in [6, 6.07) is 0. The SMILES string of the molecule is CC(=O)CCCCC(=O)NCC=O. The van der Waals surface area contributed by atoms with Crippen LogP contribution in [0.5, 0.6) is 0 Å². The number of Topliss-reactive ketones (excluding diaryl/α,β-unsaturated/α-hetero) is 1. The topological polar surface area (TPSA) is 63.2 Å². The zero-order valence-corrected chi connectivity index (χ0v) is 7.84. The zero-order valence-electron chi connectivity index (χ0n) is 7.84. The molecule has 0 fully saturated rings. The van der Waals surface area contributed by atoms with Crippen LogP contribution in [0.4, 0.5) is 0 Å². The van der Waals surface area contributed by atoms with Gasteiger partial charge in [0.05, 0.1) is 6.54 Å². The van der Waals surface area contributed by atoms with Gasteiger partial charge in [-0.2, -0.15) is 0 Å². The Hall–Kier alpha value is -1.19. The number of rotatable bonds is 7. The van der Waals surface area contributed by atoms with Crippen molar-refractivity contribution >= 4 is 18.0 Å². The average Bonchev–Trinajstić information content (AvgIpc) is 2.08. The third-order valence-electron chi connectivity index (χ3n) is 1.57. The molecule has 0 aliphatic heterocycles. The molecule has 0 saturated heterocycles. The number of nitrogens with one attached hydrogen (secondary N) is 1. The molecule has 0 aliphatic rings. The molecule has 0 rings (SSSR count). The smallest absolute Gasteiger partial charge is 0.220 e. The number of hydrogen-bond donors (Lipinski definition) is 1. The summed E-state index contributed by atoms with van der Waals surface area (Å²) in [6.45, 7) is 1.61. The summed E-state index contributed by atoms with van der Waals surface area (Å²) in [7, 11) is 0. The molecule has 0 spiro atoms. The van der Waals surface area contributed by atoms with Gasteiger partial charge < -0.3 is 14.9 Å². The summed E-state index contributed by atoms with van der Waals surface area (Å²) in [4.78, 5) is 31.3. The first-order valence-corrected chi connectivity index (χ1v) is 4.36. The van der Waals surface area contributed by atoms with Crippen LogP contribution in [-0.2, 0) is 14.4 Å². The fraction of sp³-hybridized carbons (Fsp3) is 0.667. The van der Waals surface area contributed by atoms with E-state index in [2.05, 4.69) is 5.32 Å². The molecule has 1 amide bonds. The van der Waals surface area contributed by atoms with Gasteiger partial charge in [-0.15, -0.1) is 0 Å². The maximum absolute atomic E-state index is 10.9. The van der Waals surface area contributed by atoms with E-state index in [4.69, 9.17) is 0 Å². The minimum Gasteiger partial charge on any atom is -0.349 e. The lowest BCUT2D eigenvalue weighted by atomic mass is 10.1. The Kier molecular flexibility index (Phi) is 6.78. The first kappa shape index (κ1) is 11.8. The molecule has 0 aromatic rings. The fourth-order valence-electron chi connectivity index (χ4n) is 0.903. The molecular weight excluding hydrogens is 170 g/mol. The number of carbonyl (C=O) groups is 3. The van der Waals surface area contributed by atoms with E-state index in [0.717, 1.165) is 6.42 Å². The van der Waals surface area contributed by atoms with E-state index >= 15 is 0 Å². The van der Waals surface area contributed by atoms with Crippen molar-refractivity contribution < 1.29 is 14.4 Å². The average molecular weight is 185 g/mol. The van der Waals surface area contributed by atoms with Crippen LogP contribution in [0.3, 0.4) is 0 Å². The van der Waals surface area contributed by atoms with Crippen LogP contribution in [0.2, 0.25) is 0 Å². The molecule has 4 nitrogen and oxygen atoms in total. The van der Waals surface area contributed by atoms with E-state index in [1.165, 1.54) is 6.92 Å². The van der Waals surface area contributed by atoms with Gasteiger partial charge in [0, 0.05) is 12.8 Å². The van der Waals surface area contributed by atoms with Crippen molar-refractivity contribution in [2.45, 2.75) is 32.6 Å². The van der Waals surface area contributed by atoms with Gasteiger partial charge in [0.15, 0.2) is 0 Å². The van der Waals surface area contributed by atoms with Gasteiger partial charge in [0.25, 0.3) is 0 Å². The second-order valence-electron chi connectivity index (χ2n) is 2.88. The molecule has 0 heterocycles. The quantitative estimate of drug-likeness (QED) is 0.462. The molecule has 74 valence electrons. The van der Waals surface area contributed by atoms with E-state index < -0.39 is 0 Å². The third kappa shape index (κ3) is 8.72. The van der Waals surface area contributed by atoms with Crippen molar-refractivity contribution in [1.29, 1.82) is 0 Å². The first-order valence-electron chi connectivity index (χ1n) is 4.36. The monoisotopic (exact) mass is 185 g/mol. The molecule has 1 N–H and O–H groups in total. The Morgan fingerprint density at radius 2 is 1.85 bits per heavy atom. The molecule has 13 heavy (non-hydrogen) atoms. The molecule has 0 aromatic carbocycles. The van der Waals surface area contributed by atoms with Crippen LogP contribution in [0.25, 0.3) is 0 Å². The molecule has 0 radical (unpaired) electrons. The van der Waals surface area contributed by atoms with Crippen LogP contribution < -0.4 is 5.32 Å². The van der Waals surface area contributed by atoms with Crippen molar-refractivity contribution in [2.75, 3.05) is 6.54 Å². The lowest BCUT2D eigenvalue weighted by molar-refractivity contribution is -0.122. The minimum absolute atomic E-state index is 0.0749. The van der Waals surface area contributed by atoms with Gasteiger partial charge in [-0.05, 0) is 19.8 Å². The van der Waals surface area contributed by atoms with E-state index in [-0.39, 0.29) is 18.2 Å². The van der Waals surface area contributed by atoms with Crippen molar-refractivity contribution in [1.82, 2.24) is 5.32 Å². The number of carbonyl (C=O) groups excluding carboxylic acids is 3. The molecule has 0 atom stereocenters. The Labute approximate surface area is 77.7 Å². The minimum atomic E-state index is -0.129. The highest BCUT2D eigenvalue weighted by Crippen LogP contribution is 1.99. The van der Waals surface area contributed by atoms with Crippen molar-refractivity contribution in [2.24, 2.45) is 0 Å². The highest BCUT2D eigenvalue weighted by atomic mass is 16.2. The fourth-order valence-corrected chi connectivity index (χ4v) is 0.903. The Balaban J connectivity index is 3.26. The van der Waals surface area contributed by atoms with E-state index in [0.29, 0.717) is 25.5 Å². The highest BCUT2D eigenvalue weighted by molar-refractivity contribution is 5.78. The second-order valence-corrected chi connectivity index (χ2v) is 2.88. The van der Waals surface area contributed by atoms with Crippen LogP contribution in [0.1, 0.15) is 32.6 Å². The Morgan fingerprint density at radius 1 is 1.23 bits per heavy atom. The summed E-state index contributed by atoms with van der Waals surface area (Å²) in [5.41, 5.74) is 0. The third-order valence-corrected chi connectivity index (χ3v) is 1.57. The predicted octanol–water partition coefficient (Wildman–Crippen LogP) is 0.451. The summed E-state index contributed by atoms with van der Waals surface area (Å²) in [6.07, 6.45) is 3.00. The number of ketones is 1. The van der Waals surface area contributed by atoms with Gasteiger partial charge in [0.1, 0.15) is 12.1 Å². The Morgan fingerprint density at radius 3 is 2.38 bits per heavy atom. The van der Waals surface area contributed by atoms with Crippen molar-refractivity contribution in [3.8, 4) is 0 Å². The van der Waals surface area contributed by atoms with Gasteiger partial charge in [-0.3, -0.25) is 4.79 Å². The molecule has 4 heteroatoms. The molecular formula is C9H15NO3. The van der Waals surface area contributed by atoms with E-state index in [9.17, 15) is 14.4 Å². The molecule has 0 saturated carbocycles. The van der Waals surface area contributed by atoms with Gasteiger partial charge >= 0.3 is 0 Å². The highest BCUT2D eigenvalue weighted by Gasteiger charge is 2.00. The molecule has 0 aliphatic carbocycles. The van der Waals surface area contributed by atoms with Crippen LogP contribution in [0, 0.1) is 0 Å². The lowest BCUT2D eigenvalue weighted by Crippen LogP contribution is -2.24. The zero-order chi connectivity index (χ0) is 10.1. The van der Waals surface area contributed by atoms with E-state index in [1.807, 2.05) is 0 Å². The number of unbranched alkanes of at least 4 members (excludes halogenated alkanes) is 1. The maximum atomic E-state index is 10.9. The van der Waals surface area contributed by atoms with Crippen molar-refractivity contribution in [3.63, 3.8) is 0 Å². The molecule has 0 aromatic heterocycles. The summed E-state index contributed by atoms with van der Waals surface area (Å²) < 4.78 is 0. The largest absolute Gasteiger partial charge is 0.349 e. The summed E-state index contributed by atoms with van der Waals surface area (Å²) >= 11 is 0. The van der Waals surface area contributed by atoms with Gasteiger partial charge in [-0.25, -0.2) is 0 Å².